The summed E-state index contributed by atoms with van der Waals surface area (Å²) < 4.78 is 0. The van der Waals surface area contributed by atoms with E-state index < -0.39 is 0 Å². The van der Waals surface area contributed by atoms with Crippen LogP contribution in [-0.4, -0.2) is 5.91 Å². The average Bonchev–Trinajstić information content (AvgIpc) is 2.40. The van der Waals surface area contributed by atoms with Gasteiger partial charge in [-0.15, -0.1) is 0 Å². The van der Waals surface area contributed by atoms with E-state index in [2.05, 4.69) is 11.4 Å². The first kappa shape index (κ1) is 11.9. The summed E-state index contributed by atoms with van der Waals surface area (Å²) in [6.45, 7) is 1.94. The van der Waals surface area contributed by atoms with E-state index in [1.54, 1.807) is 36.4 Å². The molecule has 0 unspecified atom stereocenters. The number of nitriles is 1. The molecule has 0 atom stereocenters. The van der Waals surface area contributed by atoms with E-state index in [4.69, 9.17) is 5.26 Å². The highest BCUT2D eigenvalue weighted by Gasteiger charge is 2.05. The number of aryl methyl sites for hydroxylation is 1. The Hall–Kier alpha value is -2.60. The molecule has 0 bridgehead atoms. The molecule has 0 aliphatic rings. The van der Waals surface area contributed by atoms with Crippen molar-refractivity contribution in [2.75, 3.05) is 5.32 Å². The summed E-state index contributed by atoms with van der Waals surface area (Å²) in [6.07, 6.45) is 0. The van der Waals surface area contributed by atoms with Crippen molar-refractivity contribution in [3.8, 4) is 6.07 Å². The van der Waals surface area contributed by atoms with Crippen LogP contribution in [0.25, 0.3) is 0 Å². The highest BCUT2D eigenvalue weighted by Crippen LogP contribution is 2.11. The minimum absolute atomic E-state index is 0.209. The Morgan fingerprint density at radius 1 is 1.22 bits per heavy atom. The fraction of sp³-hybridized carbons (Fsp3) is 0.0667. The lowest BCUT2D eigenvalue weighted by Gasteiger charge is -2.05. The Morgan fingerprint density at radius 2 is 1.94 bits per heavy atom. The van der Waals surface area contributed by atoms with Crippen LogP contribution in [0.15, 0.2) is 42.5 Å². The summed E-state index contributed by atoms with van der Waals surface area (Å²) in [6, 6.07) is 17.0. The molecule has 1 amide bonds. The van der Waals surface area contributed by atoms with Gasteiger partial charge in [0.05, 0.1) is 11.6 Å². The molecule has 3 heteroatoms. The van der Waals surface area contributed by atoms with E-state index >= 15 is 0 Å². The number of carbonyl (C=O) groups is 1. The van der Waals surface area contributed by atoms with E-state index in [9.17, 15) is 4.79 Å². The molecule has 0 aromatic heterocycles. The first-order valence-electron chi connectivity index (χ1n) is 5.49. The summed E-state index contributed by atoms with van der Waals surface area (Å²) in [5.74, 6) is -0.209. The van der Waals surface area contributed by atoms with Crippen molar-refractivity contribution < 1.29 is 4.79 Å². The van der Waals surface area contributed by atoms with Gasteiger partial charge in [0.1, 0.15) is 0 Å². The first-order valence-corrected chi connectivity index (χ1v) is 5.49. The standard InChI is InChI=1S/C15H11N2O/c1-11-2-6-13(7-3-11)15(18)17-14-8-4-12(10-16)5-9-14/h2-6,8-9H,1H3,(H,17,18). The molecular formula is C15H11N2O. The Balaban J connectivity index is 2.11. The van der Waals surface area contributed by atoms with Gasteiger partial charge in [0.15, 0.2) is 0 Å². The molecule has 0 saturated heterocycles. The van der Waals surface area contributed by atoms with Crippen molar-refractivity contribution >= 4 is 11.6 Å². The summed E-state index contributed by atoms with van der Waals surface area (Å²) in [7, 11) is 0. The maximum absolute atomic E-state index is 11.9. The van der Waals surface area contributed by atoms with E-state index in [0.717, 1.165) is 5.56 Å². The Kier molecular flexibility index (Phi) is 3.40. The van der Waals surface area contributed by atoms with E-state index in [1.165, 1.54) is 0 Å². The molecule has 18 heavy (non-hydrogen) atoms. The second-order valence-electron chi connectivity index (χ2n) is 3.92. The molecule has 2 aromatic carbocycles. The topological polar surface area (TPSA) is 52.9 Å². The van der Waals surface area contributed by atoms with Crippen molar-refractivity contribution in [2.45, 2.75) is 6.92 Å². The van der Waals surface area contributed by atoms with Crippen LogP contribution in [0.2, 0.25) is 0 Å². The quantitative estimate of drug-likeness (QED) is 0.870. The van der Waals surface area contributed by atoms with Crippen molar-refractivity contribution in [3.05, 3.63) is 65.2 Å². The summed E-state index contributed by atoms with van der Waals surface area (Å²) in [4.78, 5) is 11.9. The van der Waals surface area contributed by atoms with Crippen molar-refractivity contribution in [1.82, 2.24) is 0 Å². The fourth-order valence-electron chi connectivity index (χ4n) is 1.47. The smallest absolute Gasteiger partial charge is 0.256 e. The summed E-state index contributed by atoms with van der Waals surface area (Å²) >= 11 is 0. The number of hydrogen-bond donors (Lipinski definition) is 1. The normalized spacial score (nSPS) is 9.56. The SMILES string of the molecule is Cc1c[c]c(C(=O)Nc2ccc(C#N)cc2)cc1. The predicted molar refractivity (Wildman–Crippen MR) is 69.1 cm³/mol. The maximum Gasteiger partial charge on any atom is 0.256 e. The highest BCUT2D eigenvalue weighted by molar-refractivity contribution is 6.04. The molecule has 0 fully saturated rings. The summed E-state index contributed by atoms with van der Waals surface area (Å²) in [5, 5.41) is 11.4. The number of carbonyl (C=O) groups excluding carboxylic acids is 1. The monoisotopic (exact) mass is 235 g/mol. The van der Waals surface area contributed by atoms with E-state index in [-0.39, 0.29) is 5.91 Å². The number of amides is 1. The van der Waals surface area contributed by atoms with Gasteiger partial charge < -0.3 is 5.32 Å². The molecule has 2 aromatic rings. The van der Waals surface area contributed by atoms with Crippen LogP contribution >= 0.6 is 0 Å². The first-order chi connectivity index (χ1) is 8.69. The molecule has 0 saturated carbocycles. The lowest BCUT2D eigenvalue weighted by molar-refractivity contribution is 0.102. The Bertz CT molecular complexity index is 592. The van der Waals surface area contributed by atoms with Gasteiger partial charge in [0.2, 0.25) is 0 Å². The van der Waals surface area contributed by atoms with Crippen LogP contribution in [0.4, 0.5) is 5.69 Å². The zero-order valence-corrected chi connectivity index (χ0v) is 9.90. The molecule has 3 nitrogen and oxygen atoms in total. The lowest BCUT2D eigenvalue weighted by atomic mass is 10.1. The number of nitrogens with zero attached hydrogens (tertiary/aromatic N) is 1. The molecule has 1 radical (unpaired) electrons. The molecule has 0 heterocycles. The van der Waals surface area contributed by atoms with Crippen molar-refractivity contribution in [1.29, 1.82) is 5.26 Å². The zero-order valence-electron chi connectivity index (χ0n) is 9.90. The second kappa shape index (κ2) is 5.15. The van der Waals surface area contributed by atoms with Gasteiger partial charge in [-0.2, -0.15) is 5.26 Å². The van der Waals surface area contributed by atoms with Gasteiger partial charge >= 0.3 is 0 Å². The van der Waals surface area contributed by atoms with Crippen LogP contribution < -0.4 is 5.32 Å². The maximum atomic E-state index is 11.9. The highest BCUT2D eigenvalue weighted by atomic mass is 16.1. The van der Waals surface area contributed by atoms with Crippen molar-refractivity contribution in [3.63, 3.8) is 0 Å². The van der Waals surface area contributed by atoms with Crippen LogP contribution in [0.1, 0.15) is 21.5 Å². The molecule has 0 spiro atoms. The number of anilines is 1. The van der Waals surface area contributed by atoms with Gasteiger partial charge in [-0.05, 0) is 43.3 Å². The third kappa shape index (κ3) is 2.74. The molecule has 87 valence electrons. The van der Waals surface area contributed by atoms with Gasteiger partial charge in [-0.25, -0.2) is 0 Å². The lowest BCUT2D eigenvalue weighted by Crippen LogP contribution is -2.11. The van der Waals surface area contributed by atoms with Crippen molar-refractivity contribution in [2.24, 2.45) is 0 Å². The van der Waals surface area contributed by atoms with Gasteiger partial charge in [-0.1, -0.05) is 17.7 Å². The molecule has 1 N–H and O–H groups in total. The van der Waals surface area contributed by atoms with Crippen LogP contribution in [-0.2, 0) is 0 Å². The number of benzene rings is 2. The van der Waals surface area contributed by atoms with Crippen LogP contribution in [0.3, 0.4) is 0 Å². The molecular weight excluding hydrogens is 224 g/mol. The van der Waals surface area contributed by atoms with Gasteiger partial charge in [-0.3, -0.25) is 4.79 Å². The average molecular weight is 235 g/mol. The number of nitrogens with one attached hydrogen (secondary N) is 1. The zero-order chi connectivity index (χ0) is 13.0. The summed E-state index contributed by atoms with van der Waals surface area (Å²) in [5.41, 5.74) is 2.78. The Morgan fingerprint density at radius 3 is 2.50 bits per heavy atom. The van der Waals surface area contributed by atoms with E-state index in [1.807, 2.05) is 19.1 Å². The third-order valence-corrected chi connectivity index (χ3v) is 2.48. The molecule has 0 aliphatic heterocycles. The molecule has 0 aliphatic carbocycles. The van der Waals surface area contributed by atoms with E-state index in [0.29, 0.717) is 16.8 Å². The second-order valence-corrected chi connectivity index (χ2v) is 3.92. The van der Waals surface area contributed by atoms with Gasteiger partial charge in [0.25, 0.3) is 5.91 Å². The largest absolute Gasteiger partial charge is 0.322 e. The number of rotatable bonds is 2. The van der Waals surface area contributed by atoms with Gasteiger partial charge in [0, 0.05) is 11.3 Å². The Labute approximate surface area is 106 Å². The molecule has 2 rings (SSSR count). The fourth-order valence-corrected chi connectivity index (χ4v) is 1.47. The van der Waals surface area contributed by atoms with Crippen LogP contribution in [0.5, 0.6) is 0 Å². The number of hydrogen-bond acceptors (Lipinski definition) is 2. The minimum Gasteiger partial charge on any atom is -0.322 e. The van der Waals surface area contributed by atoms with Crippen LogP contribution in [0, 0.1) is 24.3 Å². The minimum atomic E-state index is -0.209. The third-order valence-electron chi connectivity index (χ3n) is 2.48. The predicted octanol–water partition coefficient (Wildman–Crippen LogP) is 2.92.